The number of anilines is 2. The van der Waals surface area contributed by atoms with E-state index in [-0.39, 0.29) is 32.6 Å². The third-order valence-electron chi connectivity index (χ3n) is 4.67. The number of aryl methyl sites for hydroxylation is 1. The molecule has 182 valence electrons. The molecule has 2 amide bonds. The molecule has 35 heavy (non-hydrogen) atoms. The average Bonchev–Trinajstić information content (AvgIpc) is 2.79. The quantitative estimate of drug-likeness (QED) is 0.302. The molecular weight excluding hydrogens is 500 g/mol. The maximum absolute atomic E-state index is 12.6. The molecule has 0 saturated heterocycles. The highest BCUT2D eigenvalue weighted by molar-refractivity contribution is 7.89. The lowest BCUT2D eigenvalue weighted by Gasteiger charge is -2.14. The molecule has 3 aromatic rings. The summed E-state index contributed by atoms with van der Waals surface area (Å²) < 4.78 is 28.4. The van der Waals surface area contributed by atoms with E-state index in [0.717, 1.165) is 6.07 Å². The normalized spacial score (nSPS) is 10.9. The Morgan fingerprint density at radius 1 is 1.06 bits per heavy atom. The summed E-state index contributed by atoms with van der Waals surface area (Å²) in [7, 11) is -3.88. The number of halogens is 1. The van der Waals surface area contributed by atoms with Crippen LogP contribution in [0.1, 0.15) is 15.9 Å². The van der Waals surface area contributed by atoms with Gasteiger partial charge in [-0.05, 0) is 55.0 Å². The summed E-state index contributed by atoms with van der Waals surface area (Å²) in [6.07, 6.45) is 0. The SMILES string of the molecule is Cc1cc(S(N)(=O)=O)ccc1NC(=O)COc1ccc(Cl)cc1NC(=O)c1cccc([N+](=O)[O-])c1. The molecule has 0 saturated carbocycles. The van der Waals surface area contributed by atoms with Crippen LogP contribution in [0.3, 0.4) is 0 Å². The Labute approximate surface area is 205 Å². The van der Waals surface area contributed by atoms with Gasteiger partial charge in [0.05, 0.1) is 15.5 Å². The van der Waals surface area contributed by atoms with Crippen molar-refractivity contribution >= 4 is 50.5 Å². The van der Waals surface area contributed by atoms with Gasteiger partial charge < -0.3 is 15.4 Å². The third-order valence-corrected chi connectivity index (χ3v) is 5.81. The van der Waals surface area contributed by atoms with Crippen molar-refractivity contribution in [2.45, 2.75) is 11.8 Å². The fourth-order valence-corrected chi connectivity index (χ4v) is 3.73. The predicted octanol–water partition coefficient (Wildman–Crippen LogP) is 3.47. The van der Waals surface area contributed by atoms with Crippen molar-refractivity contribution in [1.82, 2.24) is 0 Å². The molecule has 0 aliphatic heterocycles. The molecular formula is C22H19ClN4O7S. The Morgan fingerprint density at radius 2 is 1.80 bits per heavy atom. The van der Waals surface area contributed by atoms with E-state index in [9.17, 15) is 28.1 Å². The molecule has 0 fully saturated rings. The second kappa shape index (κ2) is 10.5. The number of carbonyl (C=O) groups excluding carboxylic acids is 2. The van der Waals surface area contributed by atoms with Crippen LogP contribution in [-0.2, 0) is 14.8 Å². The van der Waals surface area contributed by atoms with Crippen molar-refractivity contribution < 1.29 is 27.7 Å². The number of sulfonamides is 1. The van der Waals surface area contributed by atoms with Gasteiger partial charge in [-0.1, -0.05) is 17.7 Å². The fourth-order valence-electron chi connectivity index (χ4n) is 2.96. The van der Waals surface area contributed by atoms with Crippen molar-refractivity contribution in [3.05, 3.63) is 86.9 Å². The summed E-state index contributed by atoms with van der Waals surface area (Å²) in [5.41, 5.74) is 0.781. The first-order valence-electron chi connectivity index (χ1n) is 9.85. The first-order chi connectivity index (χ1) is 16.4. The van der Waals surface area contributed by atoms with E-state index in [4.69, 9.17) is 21.5 Å². The van der Waals surface area contributed by atoms with Crippen molar-refractivity contribution in [2.75, 3.05) is 17.2 Å². The zero-order valence-electron chi connectivity index (χ0n) is 18.1. The number of non-ortho nitro benzene ring substituents is 1. The number of rotatable bonds is 8. The molecule has 13 heteroatoms. The minimum atomic E-state index is -3.88. The van der Waals surface area contributed by atoms with Gasteiger partial charge in [0.15, 0.2) is 6.61 Å². The van der Waals surface area contributed by atoms with Crippen LogP contribution >= 0.6 is 11.6 Å². The van der Waals surface area contributed by atoms with Gasteiger partial charge in [0, 0.05) is 28.4 Å². The van der Waals surface area contributed by atoms with Crippen molar-refractivity contribution in [3.8, 4) is 5.75 Å². The van der Waals surface area contributed by atoms with E-state index in [1.54, 1.807) is 6.92 Å². The maximum atomic E-state index is 12.6. The molecule has 4 N–H and O–H groups in total. The molecule has 0 spiro atoms. The van der Waals surface area contributed by atoms with Gasteiger partial charge in [-0.25, -0.2) is 13.6 Å². The van der Waals surface area contributed by atoms with Crippen LogP contribution in [0, 0.1) is 17.0 Å². The standard InChI is InChI=1S/C22H19ClN4O7S/c1-13-9-17(35(24,32)33)6-7-18(13)25-21(28)12-34-20-8-5-15(23)11-19(20)26-22(29)14-3-2-4-16(10-14)27(30)31/h2-11H,12H2,1H3,(H,25,28)(H,26,29)(H2,24,32,33). The number of hydrogen-bond donors (Lipinski definition) is 3. The van der Waals surface area contributed by atoms with E-state index >= 15 is 0 Å². The Hall–Kier alpha value is -4.00. The van der Waals surface area contributed by atoms with Gasteiger partial charge in [0.2, 0.25) is 10.0 Å². The first-order valence-corrected chi connectivity index (χ1v) is 11.8. The number of hydrogen-bond acceptors (Lipinski definition) is 7. The third kappa shape index (κ3) is 6.76. The number of nitrogens with two attached hydrogens (primary N) is 1. The molecule has 0 heterocycles. The Kier molecular flexibility index (Phi) is 7.69. The second-order valence-corrected chi connectivity index (χ2v) is 9.26. The number of benzene rings is 3. The van der Waals surface area contributed by atoms with Crippen LogP contribution in [0.25, 0.3) is 0 Å². The van der Waals surface area contributed by atoms with E-state index in [1.807, 2.05) is 0 Å². The summed E-state index contributed by atoms with van der Waals surface area (Å²) >= 11 is 6.02. The largest absolute Gasteiger partial charge is 0.482 e. The molecule has 0 atom stereocenters. The van der Waals surface area contributed by atoms with Crippen molar-refractivity contribution in [1.29, 1.82) is 0 Å². The lowest BCUT2D eigenvalue weighted by molar-refractivity contribution is -0.384. The van der Waals surface area contributed by atoms with Crippen LogP contribution < -0.4 is 20.5 Å². The smallest absolute Gasteiger partial charge is 0.270 e. The first kappa shape index (κ1) is 25.6. The minimum Gasteiger partial charge on any atom is -0.482 e. The van der Waals surface area contributed by atoms with Crippen LogP contribution in [0.4, 0.5) is 17.1 Å². The number of nitrogens with one attached hydrogen (secondary N) is 2. The number of nitro groups is 1. The topological polar surface area (TPSA) is 171 Å². The number of ether oxygens (including phenoxy) is 1. The number of amides is 2. The van der Waals surface area contributed by atoms with Gasteiger partial charge in [-0.2, -0.15) is 0 Å². The summed E-state index contributed by atoms with van der Waals surface area (Å²) in [5, 5.41) is 21.5. The summed E-state index contributed by atoms with van der Waals surface area (Å²) in [6, 6.07) is 13.5. The average molecular weight is 519 g/mol. The van der Waals surface area contributed by atoms with Gasteiger partial charge in [-0.15, -0.1) is 0 Å². The van der Waals surface area contributed by atoms with Crippen LogP contribution in [0.15, 0.2) is 65.6 Å². The maximum Gasteiger partial charge on any atom is 0.270 e. The Morgan fingerprint density at radius 3 is 2.46 bits per heavy atom. The summed E-state index contributed by atoms with van der Waals surface area (Å²) in [4.78, 5) is 35.2. The van der Waals surface area contributed by atoms with E-state index in [0.29, 0.717) is 11.3 Å². The van der Waals surface area contributed by atoms with Crippen LogP contribution in [0.5, 0.6) is 5.75 Å². The van der Waals surface area contributed by atoms with Crippen molar-refractivity contribution in [3.63, 3.8) is 0 Å². The lowest BCUT2D eigenvalue weighted by atomic mass is 10.2. The fraction of sp³-hybridized carbons (Fsp3) is 0.0909. The molecule has 0 aliphatic rings. The lowest BCUT2D eigenvalue weighted by Crippen LogP contribution is -2.21. The summed E-state index contributed by atoms with van der Waals surface area (Å²) in [6.45, 7) is 1.16. The van der Waals surface area contributed by atoms with Gasteiger partial charge in [0.1, 0.15) is 5.75 Å². The van der Waals surface area contributed by atoms with Gasteiger partial charge in [-0.3, -0.25) is 19.7 Å². The monoisotopic (exact) mass is 518 g/mol. The van der Waals surface area contributed by atoms with Crippen LogP contribution in [-0.4, -0.2) is 31.8 Å². The predicted molar refractivity (Wildman–Crippen MR) is 129 cm³/mol. The van der Waals surface area contributed by atoms with E-state index in [1.165, 1.54) is 54.6 Å². The van der Waals surface area contributed by atoms with E-state index < -0.39 is 33.4 Å². The minimum absolute atomic E-state index is 0.0429. The van der Waals surface area contributed by atoms with Crippen LogP contribution in [0.2, 0.25) is 5.02 Å². The van der Waals surface area contributed by atoms with Gasteiger partial charge in [0.25, 0.3) is 17.5 Å². The zero-order chi connectivity index (χ0) is 25.8. The Balaban J connectivity index is 1.70. The number of nitro benzene ring substituents is 1. The highest BCUT2D eigenvalue weighted by Gasteiger charge is 2.16. The number of primary sulfonamides is 1. The highest BCUT2D eigenvalue weighted by Crippen LogP contribution is 2.29. The molecule has 0 bridgehead atoms. The number of carbonyl (C=O) groups is 2. The van der Waals surface area contributed by atoms with Crippen molar-refractivity contribution in [2.24, 2.45) is 5.14 Å². The molecule has 0 radical (unpaired) electrons. The molecule has 3 aromatic carbocycles. The molecule has 3 rings (SSSR count). The molecule has 0 aromatic heterocycles. The second-order valence-electron chi connectivity index (χ2n) is 7.26. The molecule has 0 unspecified atom stereocenters. The molecule has 0 aliphatic carbocycles. The number of nitrogens with zero attached hydrogens (tertiary/aromatic N) is 1. The molecule has 11 nitrogen and oxygen atoms in total. The highest BCUT2D eigenvalue weighted by atomic mass is 35.5. The zero-order valence-corrected chi connectivity index (χ0v) is 19.7. The Bertz CT molecular complexity index is 1430. The van der Waals surface area contributed by atoms with E-state index in [2.05, 4.69) is 10.6 Å². The van der Waals surface area contributed by atoms with Gasteiger partial charge >= 0.3 is 0 Å². The summed E-state index contributed by atoms with van der Waals surface area (Å²) in [5.74, 6) is -1.07.